The van der Waals surface area contributed by atoms with Crippen LogP contribution in [0.15, 0.2) is 36.4 Å². The summed E-state index contributed by atoms with van der Waals surface area (Å²) in [7, 11) is 1.53. The van der Waals surface area contributed by atoms with E-state index in [0.717, 1.165) is 16.9 Å². The summed E-state index contributed by atoms with van der Waals surface area (Å²) in [5.74, 6) is 0.384. The van der Waals surface area contributed by atoms with Crippen molar-refractivity contribution in [1.29, 1.82) is 0 Å². The quantitative estimate of drug-likeness (QED) is 0.839. The van der Waals surface area contributed by atoms with Gasteiger partial charge in [-0.05, 0) is 42.0 Å². The zero-order valence-electron chi connectivity index (χ0n) is 12.2. The lowest BCUT2D eigenvalue weighted by molar-refractivity contribution is -0.114. The lowest BCUT2D eigenvalue weighted by Gasteiger charge is -2.11. The molecule has 2 rings (SSSR count). The van der Waals surface area contributed by atoms with Crippen LogP contribution in [0.3, 0.4) is 0 Å². The Bertz CT molecular complexity index is 649. The standard InChI is InChI=1S/C16H16Cl2N2O2/c1-10(21)20-13-5-3-12(4-6-13)19-9-11-7-14(17)16(22-2)15(18)8-11/h3-8,19H,9H2,1-2H3,(H,20,21). The van der Waals surface area contributed by atoms with E-state index in [1.54, 1.807) is 0 Å². The summed E-state index contributed by atoms with van der Waals surface area (Å²) in [6.45, 7) is 2.05. The van der Waals surface area contributed by atoms with Gasteiger partial charge in [0.2, 0.25) is 5.91 Å². The minimum absolute atomic E-state index is 0.0942. The molecule has 22 heavy (non-hydrogen) atoms. The van der Waals surface area contributed by atoms with Crippen molar-refractivity contribution in [3.8, 4) is 5.75 Å². The van der Waals surface area contributed by atoms with Crippen molar-refractivity contribution < 1.29 is 9.53 Å². The molecule has 0 spiro atoms. The molecular weight excluding hydrogens is 323 g/mol. The molecule has 2 N–H and O–H groups in total. The molecule has 4 nitrogen and oxygen atoms in total. The van der Waals surface area contributed by atoms with Crippen molar-refractivity contribution in [1.82, 2.24) is 0 Å². The van der Waals surface area contributed by atoms with Gasteiger partial charge in [0.1, 0.15) is 0 Å². The van der Waals surface area contributed by atoms with Crippen molar-refractivity contribution in [3.63, 3.8) is 0 Å². The molecule has 0 aliphatic carbocycles. The molecule has 2 aromatic rings. The van der Waals surface area contributed by atoms with E-state index in [1.165, 1.54) is 14.0 Å². The number of carbonyl (C=O) groups is 1. The maximum atomic E-state index is 11.0. The molecule has 0 bridgehead atoms. The molecule has 0 heterocycles. The fraction of sp³-hybridized carbons (Fsp3) is 0.188. The number of amides is 1. The van der Waals surface area contributed by atoms with E-state index >= 15 is 0 Å². The molecule has 0 radical (unpaired) electrons. The lowest BCUT2D eigenvalue weighted by Crippen LogP contribution is -2.05. The van der Waals surface area contributed by atoms with Crippen molar-refractivity contribution >= 4 is 40.5 Å². The smallest absolute Gasteiger partial charge is 0.221 e. The van der Waals surface area contributed by atoms with Gasteiger partial charge in [0, 0.05) is 24.8 Å². The van der Waals surface area contributed by atoms with E-state index in [0.29, 0.717) is 22.3 Å². The monoisotopic (exact) mass is 338 g/mol. The zero-order chi connectivity index (χ0) is 16.1. The Balaban J connectivity index is 2.02. The summed E-state index contributed by atoms with van der Waals surface area (Å²) >= 11 is 12.2. The Hall–Kier alpha value is -1.91. The third-order valence-electron chi connectivity index (χ3n) is 2.96. The number of rotatable bonds is 5. The molecule has 0 saturated carbocycles. The maximum Gasteiger partial charge on any atom is 0.221 e. The first-order valence-corrected chi connectivity index (χ1v) is 7.38. The Labute approximate surface area is 139 Å². The molecule has 0 aromatic heterocycles. The molecule has 6 heteroatoms. The Morgan fingerprint density at radius 2 is 1.64 bits per heavy atom. The highest BCUT2D eigenvalue weighted by Crippen LogP contribution is 2.34. The highest BCUT2D eigenvalue weighted by Gasteiger charge is 2.08. The average molecular weight is 339 g/mol. The minimum atomic E-state index is -0.0942. The minimum Gasteiger partial charge on any atom is -0.494 e. The highest BCUT2D eigenvalue weighted by molar-refractivity contribution is 6.37. The van der Waals surface area contributed by atoms with Crippen LogP contribution in [0, 0.1) is 0 Å². The van der Waals surface area contributed by atoms with Crippen molar-refractivity contribution in [2.45, 2.75) is 13.5 Å². The second-order valence-electron chi connectivity index (χ2n) is 4.70. The molecule has 0 atom stereocenters. The third-order valence-corrected chi connectivity index (χ3v) is 3.53. The van der Waals surface area contributed by atoms with Crippen molar-refractivity contribution in [3.05, 3.63) is 52.0 Å². The fourth-order valence-electron chi connectivity index (χ4n) is 1.99. The summed E-state index contributed by atoms with van der Waals surface area (Å²) in [6, 6.07) is 11.1. The number of halogens is 2. The molecule has 0 unspecified atom stereocenters. The summed E-state index contributed by atoms with van der Waals surface area (Å²) in [6.07, 6.45) is 0. The van der Waals surface area contributed by atoms with E-state index in [1.807, 2.05) is 36.4 Å². The highest BCUT2D eigenvalue weighted by atomic mass is 35.5. The zero-order valence-corrected chi connectivity index (χ0v) is 13.8. The van der Waals surface area contributed by atoms with Crippen LogP contribution in [0.25, 0.3) is 0 Å². The van der Waals surface area contributed by atoms with E-state index in [2.05, 4.69) is 10.6 Å². The molecule has 1 amide bonds. The summed E-state index contributed by atoms with van der Waals surface area (Å²) < 4.78 is 5.12. The van der Waals surface area contributed by atoms with Crippen molar-refractivity contribution in [2.75, 3.05) is 17.7 Å². The third kappa shape index (κ3) is 4.29. The van der Waals surface area contributed by atoms with Gasteiger partial charge in [-0.2, -0.15) is 0 Å². The van der Waals surface area contributed by atoms with Crippen LogP contribution in [-0.4, -0.2) is 13.0 Å². The lowest BCUT2D eigenvalue weighted by atomic mass is 10.2. The van der Waals surface area contributed by atoms with Gasteiger partial charge < -0.3 is 15.4 Å². The van der Waals surface area contributed by atoms with Crippen LogP contribution < -0.4 is 15.4 Å². The van der Waals surface area contributed by atoms with Crippen LogP contribution in [-0.2, 0) is 11.3 Å². The van der Waals surface area contributed by atoms with Gasteiger partial charge in [-0.25, -0.2) is 0 Å². The first-order chi connectivity index (χ1) is 10.5. The molecule has 0 fully saturated rings. The fourth-order valence-corrected chi connectivity index (χ4v) is 2.67. The number of anilines is 2. The van der Waals surface area contributed by atoms with Crippen LogP contribution in [0.2, 0.25) is 10.0 Å². The molecule has 0 aliphatic heterocycles. The first-order valence-electron chi connectivity index (χ1n) is 6.63. The number of ether oxygens (including phenoxy) is 1. The second kappa shape index (κ2) is 7.38. The number of nitrogens with one attached hydrogen (secondary N) is 2. The van der Waals surface area contributed by atoms with Gasteiger partial charge in [-0.1, -0.05) is 23.2 Å². The Morgan fingerprint density at radius 3 is 2.14 bits per heavy atom. The van der Waals surface area contributed by atoms with Crippen molar-refractivity contribution in [2.24, 2.45) is 0 Å². The van der Waals surface area contributed by atoms with E-state index < -0.39 is 0 Å². The predicted molar refractivity (Wildman–Crippen MR) is 91.1 cm³/mol. The summed E-state index contributed by atoms with van der Waals surface area (Å²) in [5.41, 5.74) is 2.63. The molecule has 0 aliphatic rings. The molecule has 0 saturated heterocycles. The van der Waals surface area contributed by atoms with Gasteiger partial charge >= 0.3 is 0 Å². The van der Waals surface area contributed by atoms with Gasteiger partial charge in [-0.3, -0.25) is 4.79 Å². The summed E-state index contributed by atoms with van der Waals surface area (Å²) in [5, 5.41) is 6.94. The van der Waals surface area contributed by atoms with Gasteiger partial charge in [0.15, 0.2) is 5.75 Å². The Kier molecular flexibility index (Phi) is 5.52. The largest absolute Gasteiger partial charge is 0.494 e. The summed E-state index contributed by atoms with van der Waals surface area (Å²) in [4.78, 5) is 11.0. The van der Waals surface area contributed by atoms with Gasteiger partial charge in [-0.15, -0.1) is 0 Å². The van der Waals surface area contributed by atoms with E-state index in [-0.39, 0.29) is 5.91 Å². The first kappa shape index (κ1) is 16.5. The number of benzene rings is 2. The van der Waals surface area contributed by atoms with Crippen LogP contribution >= 0.6 is 23.2 Å². The molecular formula is C16H16Cl2N2O2. The SMILES string of the molecule is COc1c(Cl)cc(CNc2ccc(NC(C)=O)cc2)cc1Cl. The number of hydrogen-bond donors (Lipinski definition) is 2. The second-order valence-corrected chi connectivity index (χ2v) is 5.52. The van der Waals surface area contributed by atoms with Crippen LogP contribution in [0.1, 0.15) is 12.5 Å². The predicted octanol–water partition coefficient (Wildman–Crippen LogP) is 4.57. The van der Waals surface area contributed by atoms with Gasteiger partial charge in [0.05, 0.1) is 17.2 Å². The maximum absolute atomic E-state index is 11.0. The molecule has 116 valence electrons. The van der Waals surface area contributed by atoms with Gasteiger partial charge in [0.25, 0.3) is 0 Å². The number of carbonyl (C=O) groups excluding carboxylic acids is 1. The normalized spacial score (nSPS) is 10.2. The average Bonchev–Trinajstić information content (AvgIpc) is 2.46. The topological polar surface area (TPSA) is 50.4 Å². The Morgan fingerprint density at radius 1 is 1.09 bits per heavy atom. The van der Waals surface area contributed by atoms with E-state index in [9.17, 15) is 4.79 Å². The van der Waals surface area contributed by atoms with Crippen LogP contribution in [0.5, 0.6) is 5.75 Å². The number of hydrogen-bond acceptors (Lipinski definition) is 3. The van der Waals surface area contributed by atoms with Crippen LogP contribution in [0.4, 0.5) is 11.4 Å². The number of methoxy groups -OCH3 is 1. The van der Waals surface area contributed by atoms with E-state index in [4.69, 9.17) is 27.9 Å². The molecule has 2 aromatic carbocycles.